The number of hydrogen-bond donors (Lipinski definition) is 1. The number of carboxylic acid groups (broad SMARTS) is 1. The second kappa shape index (κ2) is 3.67. The van der Waals surface area contributed by atoms with E-state index in [1.165, 1.54) is 0 Å². The van der Waals surface area contributed by atoms with Crippen LogP contribution in [0.25, 0.3) is 0 Å². The van der Waals surface area contributed by atoms with Gasteiger partial charge in [-0.25, -0.2) is 9.18 Å². The summed E-state index contributed by atoms with van der Waals surface area (Å²) < 4.78 is 17.7. The Balaban J connectivity index is 3.83. The van der Waals surface area contributed by atoms with Gasteiger partial charge in [-0.1, -0.05) is 0 Å². The first kappa shape index (κ1) is 10.4. The molecule has 0 aromatic carbocycles. The molecule has 4 heteroatoms. The monoisotopic (exact) mass is 164 g/mol. The zero-order chi connectivity index (χ0) is 9.07. The number of ether oxygens (including phenoxy) is 1. The summed E-state index contributed by atoms with van der Waals surface area (Å²) in [5.74, 6) is -1.49. The number of halogens is 1. The molecule has 0 aliphatic rings. The van der Waals surface area contributed by atoms with Gasteiger partial charge in [0.15, 0.2) is 0 Å². The highest BCUT2D eigenvalue weighted by molar-refractivity contribution is 5.76. The lowest BCUT2D eigenvalue weighted by Gasteiger charge is -2.16. The minimum Gasteiger partial charge on any atom is -0.479 e. The molecule has 11 heavy (non-hydrogen) atoms. The summed E-state index contributed by atoms with van der Waals surface area (Å²) in [4.78, 5) is 10.2. The van der Waals surface area contributed by atoms with Crippen molar-refractivity contribution < 1.29 is 19.0 Å². The van der Waals surface area contributed by atoms with E-state index < -0.39 is 18.2 Å². The van der Waals surface area contributed by atoms with Crippen molar-refractivity contribution in [2.24, 2.45) is 0 Å². The van der Waals surface area contributed by atoms with E-state index in [4.69, 9.17) is 9.84 Å². The third-order valence-electron chi connectivity index (χ3n) is 1.13. The molecule has 0 aliphatic carbocycles. The number of alkyl halides is 1. The van der Waals surface area contributed by atoms with Crippen molar-refractivity contribution in [3.63, 3.8) is 0 Å². The molecule has 3 nitrogen and oxygen atoms in total. The quantitative estimate of drug-likeness (QED) is 0.679. The first-order valence-electron chi connectivity index (χ1n) is 3.40. The number of hydrogen-bond acceptors (Lipinski definition) is 2. The predicted molar refractivity (Wildman–Crippen MR) is 38.2 cm³/mol. The Morgan fingerprint density at radius 1 is 1.73 bits per heavy atom. The van der Waals surface area contributed by atoms with Crippen molar-refractivity contribution in [2.45, 2.75) is 32.5 Å². The minimum absolute atomic E-state index is 0.149. The molecule has 0 rings (SSSR count). The molecule has 1 unspecified atom stereocenters. The van der Waals surface area contributed by atoms with Gasteiger partial charge in [0, 0.05) is 0 Å². The Morgan fingerprint density at radius 3 is 2.45 bits per heavy atom. The second-order valence-electron chi connectivity index (χ2n) is 2.86. The molecule has 0 saturated heterocycles. The number of carboxylic acids is 1. The van der Waals surface area contributed by atoms with E-state index in [0.717, 1.165) is 6.92 Å². The highest BCUT2D eigenvalue weighted by Crippen LogP contribution is 2.11. The maximum atomic E-state index is 12.8. The van der Waals surface area contributed by atoms with E-state index in [1.54, 1.807) is 13.8 Å². The zero-order valence-electron chi connectivity index (χ0n) is 6.93. The molecule has 0 aromatic rings. The lowest BCUT2D eigenvalue weighted by molar-refractivity contribution is -0.154. The summed E-state index contributed by atoms with van der Waals surface area (Å²) in [5, 5.41) is 8.30. The van der Waals surface area contributed by atoms with Crippen LogP contribution < -0.4 is 0 Å². The van der Waals surface area contributed by atoms with Gasteiger partial charge in [-0.2, -0.15) is 0 Å². The van der Waals surface area contributed by atoms with Crippen molar-refractivity contribution >= 4 is 5.97 Å². The Bertz CT molecular complexity index is 143. The van der Waals surface area contributed by atoms with Crippen molar-refractivity contribution in [3.8, 4) is 0 Å². The van der Waals surface area contributed by atoms with Crippen LogP contribution in [-0.2, 0) is 9.53 Å². The first-order valence-corrected chi connectivity index (χ1v) is 3.40. The van der Waals surface area contributed by atoms with Gasteiger partial charge in [-0.05, 0) is 20.8 Å². The normalized spacial score (nSPS) is 16.5. The van der Waals surface area contributed by atoms with Crippen LogP contribution in [0.3, 0.4) is 0 Å². The van der Waals surface area contributed by atoms with Gasteiger partial charge in [0.25, 0.3) is 0 Å². The van der Waals surface area contributed by atoms with Gasteiger partial charge in [0.05, 0.1) is 12.7 Å². The first-order chi connectivity index (χ1) is 4.86. The summed E-state index contributed by atoms with van der Waals surface area (Å²) >= 11 is 0. The molecule has 0 aliphatic heterocycles. The summed E-state index contributed by atoms with van der Waals surface area (Å²) in [6.07, 6.45) is -0.149. The Hall–Kier alpha value is -0.640. The van der Waals surface area contributed by atoms with Crippen LogP contribution in [0.2, 0.25) is 0 Å². The largest absolute Gasteiger partial charge is 0.479 e. The van der Waals surface area contributed by atoms with Gasteiger partial charge in [0.2, 0.25) is 5.67 Å². The molecule has 0 amide bonds. The van der Waals surface area contributed by atoms with E-state index in [0.29, 0.717) is 0 Å². The number of carbonyl (C=O) groups is 1. The highest BCUT2D eigenvalue weighted by atomic mass is 19.1. The zero-order valence-corrected chi connectivity index (χ0v) is 6.93. The molecule has 0 bridgehead atoms. The molecule has 0 heterocycles. The van der Waals surface area contributed by atoms with E-state index >= 15 is 0 Å². The minimum atomic E-state index is -2.27. The van der Waals surface area contributed by atoms with Crippen molar-refractivity contribution in [3.05, 3.63) is 0 Å². The van der Waals surface area contributed by atoms with Gasteiger partial charge >= 0.3 is 5.97 Å². The molecule has 66 valence electrons. The van der Waals surface area contributed by atoms with Crippen LogP contribution in [0, 0.1) is 0 Å². The van der Waals surface area contributed by atoms with Crippen LogP contribution in [-0.4, -0.2) is 29.5 Å². The summed E-state index contributed by atoms with van der Waals surface area (Å²) in [5.41, 5.74) is -2.27. The molecule has 1 N–H and O–H groups in total. The van der Waals surface area contributed by atoms with Crippen LogP contribution in [0.5, 0.6) is 0 Å². The smallest absolute Gasteiger partial charge is 0.343 e. The molecule has 0 radical (unpaired) electrons. The highest BCUT2D eigenvalue weighted by Gasteiger charge is 2.33. The van der Waals surface area contributed by atoms with Crippen molar-refractivity contribution in [2.75, 3.05) is 6.61 Å². The van der Waals surface area contributed by atoms with Crippen molar-refractivity contribution in [1.82, 2.24) is 0 Å². The average molecular weight is 164 g/mol. The molecule has 0 spiro atoms. The molecule has 0 fully saturated rings. The van der Waals surface area contributed by atoms with E-state index in [2.05, 4.69) is 0 Å². The van der Waals surface area contributed by atoms with Crippen molar-refractivity contribution in [1.29, 1.82) is 0 Å². The molecule has 0 saturated carbocycles. The number of aliphatic carboxylic acids is 1. The van der Waals surface area contributed by atoms with Crippen LogP contribution in [0.1, 0.15) is 20.8 Å². The summed E-state index contributed by atoms with van der Waals surface area (Å²) in [6, 6.07) is 0. The second-order valence-corrected chi connectivity index (χ2v) is 2.86. The molecule has 0 aromatic heterocycles. The van der Waals surface area contributed by atoms with Crippen LogP contribution in [0.15, 0.2) is 0 Å². The topological polar surface area (TPSA) is 46.5 Å². The Morgan fingerprint density at radius 2 is 2.18 bits per heavy atom. The summed E-state index contributed by atoms with van der Waals surface area (Å²) in [7, 11) is 0. The lowest BCUT2D eigenvalue weighted by atomic mass is 10.1. The van der Waals surface area contributed by atoms with Crippen LogP contribution in [0.4, 0.5) is 4.39 Å². The molecular weight excluding hydrogens is 151 g/mol. The van der Waals surface area contributed by atoms with E-state index in [1.807, 2.05) is 0 Å². The fraction of sp³-hybridized carbons (Fsp3) is 0.857. The van der Waals surface area contributed by atoms with E-state index in [-0.39, 0.29) is 6.10 Å². The lowest BCUT2D eigenvalue weighted by Crippen LogP contribution is -2.36. The third kappa shape index (κ3) is 3.93. The molecular formula is C7H13FO3. The Kier molecular flexibility index (Phi) is 3.45. The maximum absolute atomic E-state index is 12.8. The standard InChI is InChI=1S/C7H13FO3/c1-5(2)11-4-7(3,8)6(9)10/h5H,4H2,1-3H3,(H,9,10). The van der Waals surface area contributed by atoms with Gasteiger partial charge in [-0.15, -0.1) is 0 Å². The Labute approximate surface area is 65.2 Å². The van der Waals surface area contributed by atoms with Gasteiger partial charge in [-0.3, -0.25) is 0 Å². The van der Waals surface area contributed by atoms with Crippen LogP contribution >= 0.6 is 0 Å². The van der Waals surface area contributed by atoms with Gasteiger partial charge < -0.3 is 9.84 Å². The third-order valence-corrected chi connectivity index (χ3v) is 1.13. The maximum Gasteiger partial charge on any atom is 0.343 e. The fourth-order valence-electron chi connectivity index (χ4n) is 0.385. The fourth-order valence-corrected chi connectivity index (χ4v) is 0.385. The summed E-state index contributed by atoms with van der Waals surface area (Å²) in [6.45, 7) is 4.02. The molecule has 1 atom stereocenters. The van der Waals surface area contributed by atoms with Gasteiger partial charge in [0.1, 0.15) is 0 Å². The SMILES string of the molecule is CC(C)OCC(C)(F)C(=O)O. The number of rotatable bonds is 4. The predicted octanol–water partition coefficient (Wildman–Crippen LogP) is 1.22. The average Bonchev–Trinajstić information content (AvgIpc) is 1.84. The van der Waals surface area contributed by atoms with E-state index in [9.17, 15) is 9.18 Å².